The topological polar surface area (TPSA) is 68.9 Å². The van der Waals surface area contributed by atoms with Crippen molar-refractivity contribution in [1.82, 2.24) is 0 Å². The molecule has 0 unspecified atom stereocenters. The van der Waals surface area contributed by atoms with Crippen LogP contribution in [-0.2, 0) is 0 Å². The number of methoxy groups -OCH3 is 2. The van der Waals surface area contributed by atoms with Crippen LogP contribution in [0.4, 0.5) is 0 Å². The van der Waals surface area contributed by atoms with Crippen molar-refractivity contribution in [3.63, 3.8) is 0 Å². The standard InChI is InChI=1S/C17H14O5/c1-20-11-5-3-10(4-6-11)15-13-8-7-12(21-2)9-14(13)22-16(15)17(18)19/h3-9H,1-2H3,(H,18,19). The summed E-state index contributed by atoms with van der Waals surface area (Å²) >= 11 is 0. The van der Waals surface area contributed by atoms with E-state index >= 15 is 0 Å². The van der Waals surface area contributed by atoms with Crippen LogP contribution < -0.4 is 9.47 Å². The molecule has 0 bridgehead atoms. The van der Waals surface area contributed by atoms with Crippen LogP contribution in [0.15, 0.2) is 46.9 Å². The fourth-order valence-electron chi connectivity index (χ4n) is 2.40. The summed E-state index contributed by atoms with van der Waals surface area (Å²) in [4.78, 5) is 11.5. The number of rotatable bonds is 4. The maximum Gasteiger partial charge on any atom is 0.372 e. The lowest BCUT2D eigenvalue weighted by Gasteiger charge is -2.03. The van der Waals surface area contributed by atoms with Gasteiger partial charge in [0, 0.05) is 17.0 Å². The van der Waals surface area contributed by atoms with Crippen molar-refractivity contribution in [3.05, 3.63) is 48.2 Å². The molecule has 0 amide bonds. The number of ether oxygens (including phenoxy) is 2. The number of hydrogen-bond acceptors (Lipinski definition) is 4. The van der Waals surface area contributed by atoms with Gasteiger partial charge in [-0.2, -0.15) is 0 Å². The van der Waals surface area contributed by atoms with Crippen molar-refractivity contribution in [3.8, 4) is 22.6 Å². The second-order valence-electron chi connectivity index (χ2n) is 4.70. The molecule has 1 N–H and O–H groups in total. The first-order valence-corrected chi connectivity index (χ1v) is 6.62. The van der Waals surface area contributed by atoms with Gasteiger partial charge in [-0.1, -0.05) is 12.1 Å². The predicted molar refractivity (Wildman–Crippen MR) is 81.7 cm³/mol. The highest BCUT2D eigenvalue weighted by molar-refractivity contribution is 6.05. The molecule has 22 heavy (non-hydrogen) atoms. The summed E-state index contributed by atoms with van der Waals surface area (Å²) in [6, 6.07) is 12.4. The third-order valence-corrected chi connectivity index (χ3v) is 3.47. The minimum atomic E-state index is -1.11. The van der Waals surface area contributed by atoms with Crippen LogP contribution in [0, 0.1) is 0 Å². The highest BCUT2D eigenvalue weighted by Gasteiger charge is 2.21. The Kier molecular flexibility index (Phi) is 3.47. The largest absolute Gasteiger partial charge is 0.497 e. The first-order chi connectivity index (χ1) is 10.6. The van der Waals surface area contributed by atoms with Crippen LogP contribution >= 0.6 is 0 Å². The second kappa shape index (κ2) is 5.44. The van der Waals surface area contributed by atoms with Gasteiger partial charge in [-0.25, -0.2) is 4.79 Å². The van der Waals surface area contributed by atoms with E-state index in [1.807, 2.05) is 0 Å². The third-order valence-electron chi connectivity index (χ3n) is 3.47. The highest BCUT2D eigenvalue weighted by Crippen LogP contribution is 2.37. The molecule has 2 aromatic carbocycles. The molecule has 3 rings (SSSR count). The van der Waals surface area contributed by atoms with Crippen molar-refractivity contribution < 1.29 is 23.8 Å². The van der Waals surface area contributed by atoms with E-state index in [1.165, 1.54) is 0 Å². The molecule has 5 heteroatoms. The Hall–Kier alpha value is -2.95. The number of furan rings is 1. The van der Waals surface area contributed by atoms with Gasteiger partial charge in [0.2, 0.25) is 5.76 Å². The molecule has 0 aliphatic carbocycles. The molecular weight excluding hydrogens is 284 g/mol. The number of carbonyl (C=O) groups is 1. The summed E-state index contributed by atoms with van der Waals surface area (Å²) in [5.74, 6) is 0.115. The van der Waals surface area contributed by atoms with Crippen LogP contribution in [0.5, 0.6) is 11.5 Å². The molecule has 1 heterocycles. The molecule has 0 fully saturated rings. The van der Waals surface area contributed by atoms with E-state index in [0.717, 1.165) is 10.9 Å². The van der Waals surface area contributed by atoms with Crippen molar-refractivity contribution in [2.24, 2.45) is 0 Å². The fraction of sp³-hybridized carbons (Fsp3) is 0.118. The average Bonchev–Trinajstić information content (AvgIpc) is 2.93. The normalized spacial score (nSPS) is 10.6. The first-order valence-electron chi connectivity index (χ1n) is 6.62. The lowest BCUT2D eigenvalue weighted by molar-refractivity contribution is 0.0666. The summed E-state index contributed by atoms with van der Waals surface area (Å²) in [5.41, 5.74) is 1.78. The van der Waals surface area contributed by atoms with Crippen LogP contribution in [0.2, 0.25) is 0 Å². The zero-order valence-electron chi connectivity index (χ0n) is 12.1. The van der Waals surface area contributed by atoms with E-state index in [1.54, 1.807) is 56.7 Å². The molecule has 0 saturated carbocycles. The molecule has 0 aliphatic heterocycles. The Labute approximate surface area is 126 Å². The minimum Gasteiger partial charge on any atom is -0.497 e. The molecule has 1 aromatic heterocycles. The number of fused-ring (bicyclic) bond motifs is 1. The van der Waals surface area contributed by atoms with Crippen LogP contribution in [0.3, 0.4) is 0 Å². The second-order valence-corrected chi connectivity index (χ2v) is 4.70. The molecular formula is C17H14O5. The monoisotopic (exact) mass is 298 g/mol. The van der Waals surface area contributed by atoms with Gasteiger partial charge in [0.25, 0.3) is 0 Å². The van der Waals surface area contributed by atoms with Gasteiger partial charge in [0.15, 0.2) is 0 Å². The number of benzene rings is 2. The van der Waals surface area contributed by atoms with Crippen molar-refractivity contribution >= 4 is 16.9 Å². The Morgan fingerprint density at radius 1 is 1.00 bits per heavy atom. The Bertz CT molecular complexity index is 830. The zero-order chi connectivity index (χ0) is 15.7. The van der Waals surface area contributed by atoms with E-state index in [-0.39, 0.29) is 5.76 Å². The third kappa shape index (κ3) is 2.26. The summed E-state index contributed by atoms with van der Waals surface area (Å²) in [6.07, 6.45) is 0. The predicted octanol–water partition coefficient (Wildman–Crippen LogP) is 3.82. The number of carboxylic acids is 1. The smallest absolute Gasteiger partial charge is 0.372 e. The quantitative estimate of drug-likeness (QED) is 0.793. The van der Waals surface area contributed by atoms with Crippen LogP contribution in [-0.4, -0.2) is 25.3 Å². The molecule has 0 radical (unpaired) electrons. The van der Waals surface area contributed by atoms with Crippen molar-refractivity contribution in [1.29, 1.82) is 0 Å². The van der Waals surface area contributed by atoms with Gasteiger partial charge in [0.05, 0.1) is 14.2 Å². The Balaban J connectivity index is 2.25. The van der Waals surface area contributed by atoms with E-state index in [9.17, 15) is 9.90 Å². The molecule has 0 atom stereocenters. The molecule has 0 saturated heterocycles. The van der Waals surface area contributed by atoms with Gasteiger partial charge in [-0.05, 0) is 29.8 Å². The maximum atomic E-state index is 11.5. The summed E-state index contributed by atoms with van der Waals surface area (Å²) < 4.78 is 15.8. The van der Waals surface area contributed by atoms with Crippen molar-refractivity contribution in [2.75, 3.05) is 14.2 Å². The van der Waals surface area contributed by atoms with Gasteiger partial charge in [-0.3, -0.25) is 0 Å². The lowest BCUT2D eigenvalue weighted by atomic mass is 10.0. The zero-order valence-corrected chi connectivity index (χ0v) is 12.1. The van der Waals surface area contributed by atoms with Crippen LogP contribution in [0.25, 0.3) is 22.1 Å². The number of aromatic carboxylic acids is 1. The van der Waals surface area contributed by atoms with Gasteiger partial charge in [-0.15, -0.1) is 0 Å². The summed E-state index contributed by atoms with van der Waals surface area (Å²) in [6.45, 7) is 0. The van der Waals surface area contributed by atoms with Gasteiger partial charge < -0.3 is 19.0 Å². The Morgan fingerprint density at radius 3 is 2.23 bits per heavy atom. The van der Waals surface area contributed by atoms with E-state index in [2.05, 4.69) is 0 Å². The van der Waals surface area contributed by atoms with Gasteiger partial charge in [0.1, 0.15) is 17.1 Å². The molecule has 0 spiro atoms. The maximum absolute atomic E-state index is 11.5. The SMILES string of the molecule is COc1ccc(-c2c(C(=O)O)oc3cc(OC)ccc23)cc1. The molecule has 5 nitrogen and oxygen atoms in total. The Morgan fingerprint density at radius 2 is 1.64 bits per heavy atom. The first kappa shape index (κ1) is 14.0. The van der Waals surface area contributed by atoms with Crippen molar-refractivity contribution in [2.45, 2.75) is 0 Å². The van der Waals surface area contributed by atoms with E-state index in [0.29, 0.717) is 22.6 Å². The average molecular weight is 298 g/mol. The molecule has 0 aliphatic rings. The summed E-state index contributed by atoms with van der Waals surface area (Å²) in [5, 5.41) is 10.1. The summed E-state index contributed by atoms with van der Waals surface area (Å²) in [7, 11) is 3.13. The van der Waals surface area contributed by atoms with Crippen LogP contribution in [0.1, 0.15) is 10.6 Å². The number of hydrogen-bond donors (Lipinski definition) is 1. The van der Waals surface area contributed by atoms with E-state index in [4.69, 9.17) is 13.9 Å². The minimum absolute atomic E-state index is 0.0894. The highest BCUT2D eigenvalue weighted by atomic mass is 16.5. The van der Waals surface area contributed by atoms with Gasteiger partial charge >= 0.3 is 5.97 Å². The molecule has 3 aromatic rings. The lowest BCUT2D eigenvalue weighted by Crippen LogP contribution is -1.96. The number of carboxylic acid groups (broad SMARTS) is 1. The van der Waals surface area contributed by atoms with E-state index < -0.39 is 5.97 Å². The molecule has 112 valence electrons. The fourth-order valence-corrected chi connectivity index (χ4v) is 2.40.